The van der Waals surface area contributed by atoms with Gasteiger partial charge >= 0.3 is 71.6 Å². The van der Waals surface area contributed by atoms with Gasteiger partial charge in [0.05, 0.1) is 0 Å². The van der Waals surface area contributed by atoms with E-state index in [0.717, 1.165) is 0 Å². The Kier molecular flexibility index (Phi) is 11.7. The summed E-state index contributed by atoms with van der Waals surface area (Å²) in [6.45, 7) is 0. The molecular formula is C20H14F26S2. The molecule has 1 fully saturated rings. The summed E-state index contributed by atoms with van der Waals surface area (Å²) >= 11 is 0.727. The lowest BCUT2D eigenvalue weighted by Crippen LogP contribution is -2.70. The van der Waals surface area contributed by atoms with E-state index in [1.54, 1.807) is 0 Å². The second-order valence-corrected chi connectivity index (χ2v) is 12.7. The van der Waals surface area contributed by atoms with Crippen molar-refractivity contribution in [2.24, 2.45) is 5.41 Å². The fourth-order valence-corrected chi connectivity index (χ4v) is 6.71. The van der Waals surface area contributed by atoms with Gasteiger partial charge < -0.3 is 0 Å². The van der Waals surface area contributed by atoms with Gasteiger partial charge in [-0.3, -0.25) is 0 Å². The van der Waals surface area contributed by atoms with Crippen molar-refractivity contribution in [2.45, 2.75) is 97.3 Å². The average molecular weight is 812 g/mol. The molecule has 0 aliphatic carbocycles. The number of halogens is 26. The summed E-state index contributed by atoms with van der Waals surface area (Å²) in [7, 11) is 0. The number of hydrogen-bond donors (Lipinski definition) is 0. The molecule has 0 atom stereocenters. The molecule has 0 amide bonds. The fraction of sp³-hybridized carbons (Fsp3) is 1.00. The van der Waals surface area contributed by atoms with Gasteiger partial charge in [0, 0.05) is 29.4 Å². The first-order valence-corrected chi connectivity index (χ1v) is 14.0. The lowest BCUT2D eigenvalue weighted by Gasteiger charge is -2.43. The highest BCUT2D eigenvalue weighted by atomic mass is 32.2. The molecular weight excluding hydrogens is 798 g/mol. The van der Waals surface area contributed by atoms with Crippen molar-refractivity contribution in [3.63, 3.8) is 0 Å². The molecule has 1 rings (SSSR count). The SMILES string of the molecule is FC(F)(F)C(F)(F)C(F)(F)C(F)(F)C(F)(F)C(F)(F)CCC1(CCC(F)(F)C(F)(F)C(F)(F)C(F)(F)C(F)(F)C(F)(F)F)CSCSC1. The summed E-state index contributed by atoms with van der Waals surface area (Å²) in [5.41, 5.74) is -2.74. The topological polar surface area (TPSA) is 0 Å². The van der Waals surface area contributed by atoms with E-state index in [1.165, 1.54) is 0 Å². The summed E-state index contributed by atoms with van der Waals surface area (Å²) in [4.78, 5) is 0. The molecule has 1 saturated heterocycles. The van der Waals surface area contributed by atoms with E-state index in [2.05, 4.69) is 0 Å². The molecule has 0 N–H and O–H groups in total. The summed E-state index contributed by atoms with van der Waals surface area (Å²) in [6, 6.07) is 0. The molecule has 0 aromatic carbocycles. The Morgan fingerprint density at radius 2 is 0.562 bits per heavy atom. The van der Waals surface area contributed by atoms with E-state index in [9.17, 15) is 114 Å². The van der Waals surface area contributed by atoms with Crippen molar-refractivity contribution in [1.82, 2.24) is 0 Å². The zero-order valence-electron chi connectivity index (χ0n) is 22.1. The molecule has 0 spiro atoms. The fourth-order valence-electron chi connectivity index (χ4n) is 3.79. The summed E-state index contributed by atoms with van der Waals surface area (Å²) in [5.74, 6) is -80.8. The molecule has 0 saturated carbocycles. The molecule has 1 heterocycles. The number of thioether (sulfide) groups is 2. The highest BCUT2D eigenvalue weighted by Crippen LogP contribution is 2.63. The van der Waals surface area contributed by atoms with Gasteiger partial charge in [-0.1, -0.05) is 0 Å². The van der Waals surface area contributed by atoms with E-state index < -0.39 is 114 Å². The Hall–Kier alpha value is -1.12. The molecule has 0 aromatic rings. The Morgan fingerprint density at radius 3 is 0.792 bits per heavy atom. The zero-order valence-corrected chi connectivity index (χ0v) is 23.7. The van der Waals surface area contributed by atoms with Crippen molar-refractivity contribution in [3.8, 4) is 0 Å². The van der Waals surface area contributed by atoms with Crippen LogP contribution in [0, 0.1) is 5.41 Å². The Morgan fingerprint density at radius 1 is 0.333 bits per heavy atom. The minimum atomic E-state index is -8.32. The molecule has 0 nitrogen and oxygen atoms in total. The molecule has 1 aliphatic rings. The first kappa shape index (κ1) is 44.9. The smallest absolute Gasteiger partial charge is 0.200 e. The monoisotopic (exact) mass is 812 g/mol. The number of rotatable bonds is 14. The van der Waals surface area contributed by atoms with Crippen LogP contribution < -0.4 is 0 Å². The second kappa shape index (κ2) is 12.5. The van der Waals surface area contributed by atoms with Crippen LogP contribution in [-0.2, 0) is 0 Å². The molecule has 288 valence electrons. The van der Waals surface area contributed by atoms with Crippen LogP contribution in [-0.4, -0.2) is 88.2 Å². The van der Waals surface area contributed by atoms with Crippen LogP contribution >= 0.6 is 23.5 Å². The second-order valence-electron chi connectivity index (χ2n) is 10.3. The first-order chi connectivity index (χ1) is 20.6. The Balaban J connectivity index is 3.46. The van der Waals surface area contributed by atoms with Crippen molar-refractivity contribution >= 4 is 23.5 Å². The van der Waals surface area contributed by atoms with Crippen LogP contribution in [0.3, 0.4) is 0 Å². The van der Waals surface area contributed by atoms with Crippen LogP contribution in [0.4, 0.5) is 114 Å². The third-order valence-electron chi connectivity index (χ3n) is 6.92. The van der Waals surface area contributed by atoms with Gasteiger partial charge in [-0.25, -0.2) is 0 Å². The predicted octanol–water partition coefficient (Wildman–Crippen LogP) is 11.4. The molecule has 28 heteroatoms. The number of hydrogen-bond acceptors (Lipinski definition) is 2. The largest absolute Gasteiger partial charge is 0.460 e. The van der Waals surface area contributed by atoms with Gasteiger partial charge in [-0.2, -0.15) is 138 Å². The Bertz CT molecular complexity index is 1030. The lowest BCUT2D eigenvalue weighted by atomic mass is 9.78. The van der Waals surface area contributed by atoms with Crippen LogP contribution in [0.15, 0.2) is 0 Å². The normalized spacial score (nSPS) is 19.1. The molecule has 0 radical (unpaired) electrons. The highest BCUT2D eigenvalue weighted by molar-refractivity contribution is 8.16. The van der Waals surface area contributed by atoms with Crippen molar-refractivity contribution in [3.05, 3.63) is 0 Å². The van der Waals surface area contributed by atoms with E-state index in [4.69, 9.17) is 0 Å². The summed E-state index contributed by atoms with van der Waals surface area (Å²) < 4.78 is 347. The molecule has 48 heavy (non-hydrogen) atoms. The van der Waals surface area contributed by atoms with Gasteiger partial charge in [-0.05, 0) is 18.3 Å². The quantitative estimate of drug-likeness (QED) is 0.160. The zero-order chi connectivity index (χ0) is 38.9. The average Bonchev–Trinajstić information content (AvgIpc) is 2.89. The van der Waals surface area contributed by atoms with Crippen molar-refractivity contribution in [1.29, 1.82) is 0 Å². The summed E-state index contributed by atoms with van der Waals surface area (Å²) in [6.07, 6.45) is -25.7. The minimum absolute atomic E-state index is 0.228. The maximum atomic E-state index is 14.3. The van der Waals surface area contributed by atoms with E-state index in [-0.39, 0.29) is 5.08 Å². The van der Waals surface area contributed by atoms with E-state index in [1.807, 2.05) is 0 Å². The molecule has 0 unspecified atom stereocenters. The first-order valence-electron chi connectivity index (χ1n) is 11.7. The van der Waals surface area contributed by atoms with Gasteiger partial charge in [0.25, 0.3) is 0 Å². The van der Waals surface area contributed by atoms with Crippen LogP contribution in [0.1, 0.15) is 25.7 Å². The molecule has 0 aromatic heterocycles. The highest BCUT2D eigenvalue weighted by Gasteiger charge is 2.92. The standard InChI is InChI=1S/C20H14F26S2/c21-9(22,11(25,26)13(29,30)15(33,34)17(37,38)19(41,42)43)3-1-8(5-47-7-48-6-8)2-4-10(23,24)12(27,28)14(31,32)16(35,36)18(39,40)20(44,45)46/h1-7H2. The predicted molar refractivity (Wildman–Crippen MR) is 112 cm³/mol. The summed E-state index contributed by atoms with van der Waals surface area (Å²) in [5, 5.41) is -0.228. The van der Waals surface area contributed by atoms with Gasteiger partial charge in [-0.15, -0.1) is 0 Å². The Labute approximate surface area is 257 Å². The molecule has 0 bridgehead atoms. The van der Waals surface area contributed by atoms with E-state index in [0.29, 0.717) is 23.5 Å². The van der Waals surface area contributed by atoms with Crippen LogP contribution in [0.2, 0.25) is 0 Å². The molecule has 1 aliphatic heterocycles. The van der Waals surface area contributed by atoms with Crippen molar-refractivity contribution in [2.75, 3.05) is 16.6 Å². The maximum absolute atomic E-state index is 14.3. The third kappa shape index (κ3) is 6.78. The van der Waals surface area contributed by atoms with Gasteiger partial charge in [0.2, 0.25) is 0 Å². The van der Waals surface area contributed by atoms with Gasteiger partial charge in [0.1, 0.15) is 0 Å². The lowest BCUT2D eigenvalue weighted by molar-refractivity contribution is -0.440. The van der Waals surface area contributed by atoms with Gasteiger partial charge in [0.15, 0.2) is 0 Å². The minimum Gasteiger partial charge on any atom is -0.200 e. The van der Waals surface area contributed by atoms with Crippen LogP contribution in [0.25, 0.3) is 0 Å². The van der Waals surface area contributed by atoms with Crippen LogP contribution in [0.5, 0.6) is 0 Å². The third-order valence-corrected chi connectivity index (χ3v) is 9.88. The number of alkyl halides is 26. The van der Waals surface area contributed by atoms with Crippen molar-refractivity contribution < 1.29 is 114 Å². The maximum Gasteiger partial charge on any atom is 0.460 e. The van der Waals surface area contributed by atoms with E-state index >= 15 is 0 Å².